The number of carbonyl (C=O) groups is 2. The summed E-state index contributed by atoms with van der Waals surface area (Å²) in [6, 6.07) is 21.1. The molecule has 0 spiro atoms. The van der Waals surface area contributed by atoms with Gasteiger partial charge >= 0.3 is 0 Å². The number of halogens is 2. The fourth-order valence-corrected chi connectivity index (χ4v) is 3.28. The summed E-state index contributed by atoms with van der Waals surface area (Å²) >= 11 is 0. The van der Waals surface area contributed by atoms with Gasteiger partial charge in [0.25, 0.3) is 0 Å². The standard InChI is InChI=1S/C24H14F2O2/c25-17-7-1-5-15(13-17)23(27)21-11-3-10-20-19(21)9-4-12-22(20)24(28)16-6-2-8-18(26)14-16/h1-14H. The maximum Gasteiger partial charge on any atom is 0.193 e. The van der Waals surface area contributed by atoms with E-state index in [1.807, 2.05) is 0 Å². The van der Waals surface area contributed by atoms with Crippen LogP contribution in [0.3, 0.4) is 0 Å². The molecule has 0 amide bonds. The molecular weight excluding hydrogens is 358 g/mol. The zero-order chi connectivity index (χ0) is 19.7. The quantitative estimate of drug-likeness (QED) is 0.438. The minimum atomic E-state index is -0.493. The molecule has 4 aromatic rings. The molecule has 0 bridgehead atoms. The van der Waals surface area contributed by atoms with Crippen LogP contribution in [0.4, 0.5) is 8.78 Å². The molecule has 0 saturated carbocycles. The van der Waals surface area contributed by atoms with Gasteiger partial charge in [-0.1, -0.05) is 60.7 Å². The van der Waals surface area contributed by atoms with Gasteiger partial charge in [-0.15, -0.1) is 0 Å². The van der Waals surface area contributed by atoms with E-state index in [0.717, 1.165) is 0 Å². The molecule has 0 N–H and O–H groups in total. The van der Waals surface area contributed by atoms with E-state index in [1.165, 1.54) is 36.4 Å². The van der Waals surface area contributed by atoms with E-state index in [-0.39, 0.29) is 22.7 Å². The summed E-state index contributed by atoms with van der Waals surface area (Å²) in [4.78, 5) is 25.8. The molecular formula is C24H14F2O2. The number of hydrogen-bond donors (Lipinski definition) is 0. The second-order valence-corrected chi connectivity index (χ2v) is 6.39. The minimum Gasteiger partial charge on any atom is -0.289 e. The summed E-state index contributed by atoms with van der Waals surface area (Å²) in [5.74, 6) is -1.65. The smallest absolute Gasteiger partial charge is 0.193 e. The number of hydrogen-bond acceptors (Lipinski definition) is 2. The van der Waals surface area contributed by atoms with Gasteiger partial charge < -0.3 is 0 Å². The largest absolute Gasteiger partial charge is 0.289 e. The van der Waals surface area contributed by atoms with Crippen LogP contribution in [0, 0.1) is 11.6 Å². The number of fused-ring (bicyclic) bond motifs is 1. The highest BCUT2D eigenvalue weighted by Crippen LogP contribution is 2.26. The zero-order valence-electron chi connectivity index (χ0n) is 14.7. The van der Waals surface area contributed by atoms with Crippen molar-refractivity contribution in [3.05, 3.63) is 119 Å². The summed E-state index contributed by atoms with van der Waals surface area (Å²) in [7, 11) is 0. The first kappa shape index (κ1) is 17.7. The number of benzene rings is 4. The van der Waals surface area contributed by atoms with Crippen molar-refractivity contribution in [2.24, 2.45) is 0 Å². The lowest BCUT2D eigenvalue weighted by Gasteiger charge is -2.10. The van der Waals surface area contributed by atoms with Crippen molar-refractivity contribution >= 4 is 22.3 Å². The van der Waals surface area contributed by atoms with Crippen molar-refractivity contribution in [1.82, 2.24) is 0 Å². The van der Waals surface area contributed by atoms with Crippen molar-refractivity contribution in [2.45, 2.75) is 0 Å². The number of ketones is 2. The van der Waals surface area contributed by atoms with Crippen molar-refractivity contribution in [3.8, 4) is 0 Å². The fraction of sp³-hybridized carbons (Fsp3) is 0. The molecule has 4 rings (SSSR count). The highest BCUT2D eigenvalue weighted by molar-refractivity contribution is 6.21. The predicted molar refractivity (Wildman–Crippen MR) is 104 cm³/mol. The molecule has 0 aliphatic rings. The number of carbonyl (C=O) groups excluding carboxylic acids is 2. The Morgan fingerprint density at radius 2 is 0.929 bits per heavy atom. The molecule has 0 radical (unpaired) electrons. The SMILES string of the molecule is O=C(c1cccc(F)c1)c1cccc2c(C(=O)c3cccc(F)c3)cccc12. The molecule has 136 valence electrons. The molecule has 0 heterocycles. The van der Waals surface area contributed by atoms with E-state index in [1.54, 1.807) is 48.5 Å². The van der Waals surface area contributed by atoms with Crippen LogP contribution in [0.5, 0.6) is 0 Å². The number of rotatable bonds is 4. The Morgan fingerprint density at radius 1 is 0.536 bits per heavy atom. The maximum absolute atomic E-state index is 13.5. The van der Waals surface area contributed by atoms with Gasteiger partial charge in [0.1, 0.15) is 11.6 Å². The first-order chi connectivity index (χ1) is 13.5. The molecule has 0 fully saturated rings. The van der Waals surface area contributed by atoms with Crippen molar-refractivity contribution in [3.63, 3.8) is 0 Å². The Balaban J connectivity index is 1.85. The third-order valence-electron chi connectivity index (χ3n) is 4.58. The predicted octanol–water partition coefficient (Wildman–Crippen LogP) is 5.58. The lowest BCUT2D eigenvalue weighted by molar-refractivity contribution is 0.103. The summed E-state index contributed by atoms with van der Waals surface area (Å²) in [6.07, 6.45) is 0. The molecule has 0 aliphatic heterocycles. The van der Waals surface area contributed by atoms with Gasteiger partial charge in [0.05, 0.1) is 0 Å². The second kappa shape index (κ2) is 7.16. The lowest BCUT2D eigenvalue weighted by Crippen LogP contribution is -2.06. The van der Waals surface area contributed by atoms with Crippen molar-refractivity contribution in [1.29, 1.82) is 0 Å². The van der Waals surface area contributed by atoms with E-state index in [2.05, 4.69) is 0 Å². The fourth-order valence-electron chi connectivity index (χ4n) is 3.28. The Labute approximate surface area is 160 Å². The van der Waals surface area contributed by atoms with E-state index >= 15 is 0 Å². The molecule has 2 nitrogen and oxygen atoms in total. The van der Waals surface area contributed by atoms with Gasteiger partial charge in [-0.05, 0) is 35.0 Å². The molecule has 4 aromatic carbocycles. The summed E-state index contributed by atoms with van der Waals surface area (Å²) in [6.45, 7) is 0. The van der Waals surface area contributed by atoms with Gasteiger partial charge in [-0.25, -0.2) is 8.78 Å². The molecule has 0 saturated heterocycles. The normalized spacial score (nSPS) is 10.8. The Morgan fingerprint density at radius 3 is 1.32 bits per heavy atom. The van der Waals surface area contributed by atoms with Gasteiger partial charge in [0.15, 0.2) is 11.6 Å². The summed E-state index contributed by atoms with van der Waals surface area (Å²) < 4.78 is 27.0. The monoisotopic (exact) mass is 372 g/mol. The molecule has 4 heteroatoms. The van der Waals surface area contributed by atoms with Crippen LogP contribution in [-0.2, 0) is 0 Å². The van der Waals surface area contributed by atoms with Crippen LogP contribution in [-0.4, -0.2) is 11.6 Å². The van der Waals surface area contributed by atoms with Crippen LogP contribution < -0.4 is 0 Å². The van der Waals surface area contributed by atoms with Crippen LogP contribution in [0.15, 0.2) is 84.9 Å². The van der Waals surface area contributed by atoms with Crippen LogP contribution in [0.2, 0.25) is 0 Å². The van der Waals surface area contributed by atoms with Crippen LogP contribution >= 0.6 is 0 Å². The molecule has 28 heavy (non-hydrogen) atoms. The maximum atomic E-state index is 13.5. The third-order valence-corrected chi connectivity index (χ3v) is 4.58. The second-order valence-electron chi connectivity index (χ2n) is 6.39. The van der Waals surface area contributed by atoms with Crippen LogP contribution in [0.1, 0.15) is 31.8 Å². The Hall–Kier alpha value is -3.66. The lowest BCUT2D eigenvalue weighted by atomic mass is 9.92. The molecule has 0 aliphatic carbocycles. The average Bonchev–Trinajstić information content (AvgIpc) is 2.72. The summed E-state index contributed by atoms with van der Waals surface area (Å²) in [5, 5.41) is 1.16. The zero-order valence-corrected chi connectivity index (χ0v) is 14.7. The Kier molecular flexibility index (Phi) is 4.53. The minimum absolute atomic E-state index is 0.231. The van der Waals surface area contributed by atoms with E-state index in [4.69, 9.17) is 0 Å². The average molecular weight is 372 g/mol. The van der Waals surface area contributed by atoms with Gasteiger partial charge in [0, 0.05) is 22.3 Å². The molecule has 0 atom stereocenters. The van der Waals surface area contributed by atoms with Gasteiger partial charge in [0.2, 0.25) is 0 Å². The molecule has 0 unspecified atom stereocenters. The highest BCUT2D eigenvalue weighted by atomic mass is 19.1. The van der Waals surface area contributed by atoms with Crippen LogP contribution in [0.25, 0.3) is 10.8 Å². The first-order valence-corrected chi connectivity index (χ1v) is 8.67. The highest BCUT2D eigenvalue weighted by Gasteiger charge is 2.17. The van der Waals surface area contributed by atoms with Crippen molar-refractivity contribution < 1.29 is 18.4 Å². The van der Waals surface area contributed by atoms with Crippen molar-refractivity contribution in [2.75, 3.05) is 0 Å². The Bertz CT molecular complexity index is 1130. The molecule has 0 aromatic heterocycles. The first-order valence-electron chi connectivity index (χ1n) is 8.67. The van der Waals surface area contributed by atoms with Gasteiger partial charge in [-0.2, -0.15) is 0 Å². The van der Waals surface area contributed by atoms with Gasteiger partial charge in [-0.3, -0.25) is 9.59 Å². The third kappa shape index (κ3) is 3.21. The van der Waals surface area contributed by atoms with E-state index < -0.39 is 11.6 Å². The summed E-state index contributed by atoms with van der Waals surface area (Å²) in [5.41, 5.74) is 1.21. The topological polar surface area (TPSA) is 34.1 Å². The van der Waals surface area contributed by atoms with E-state index in [0.29, 0.717) is 21.9 Å². The van der Waals surface area contributed by atoms with E-state index in [9.17, 15) is 18.4 Å².